The first kappa shape index (κ1) is 22.7. The molecule has 0 bridgehead atoms. The van der Waals surface area contributed by atoms with E-state index in [-0.39, 0.29) is 38.4 Å². The third kappa shape index (κ3) is 5.22. The highest BCUT2D eigenvalue weighted by molar-refractivity contribution is 6.34. The first-order valence-corrected chi connectivity index (χ1v) is 9.57. The number of nitrogens with zero attached hydrogens (tertiary/aromatic N) is 2. The lowest BCUT2D eigenvalue weighted by atomic mass is 10.00. The topological polar surface area (TPSA) is 123 Å². The van der Waals surface area contributed by atoms with E-state index in [2.05, 4.69) is 10.4 Å². The SMILES string of the molecule is NC(=O)C(O)C(Cc1ccccc1)NC(=O)c1cn(C(F)F)nc1-c1cc(Cl)oc1Cl. The quantitative estimate of drug-likeness (QED) is 0.464. The van der Waals surface area contributed by atoms with Gasteiger partial charge in [0.2, 0.25) is 11.1 Å². The molecule has 4 N–H and O–H groups in total. The minimum atomic E-state index is -3.04. The van der Waals surface area contributed by atoms with E-state index in [4.69, 9.17) is 33.4 Å². The summed E-state index contributed by atoms with van der Waals surface area (Å²) in [5.74, 6) is -1.95. The van der Waals surface area contributed by atoms with Gasteiger partial charge in [0, 0.05) is 12.3 Å². The molecule has 0 aliphatic heterocycles. The van der Waals surface area contributed by atoms with Crippen molar-refractivity contribution in [2.24, 2.45) is 5.73 Å². The van der Waals surface area contributed by atoms with Crippen LogP contribution in [-0.4, -0.2) is 38.8 Å². The summed E-state index contributed by atoms with van der Waals surface area (Å²) in [6, 6.07) is 8.77. The highest BCUT2D eigenvalue weighted by Crippen LogP contribution is 2.35. The summed E-state index contributed by atoms with van der Waals surface area (Å²) in [7, 11) is 0. The van der Waals surface area contributed by atoms with Gasteiger partial charge in [-0.3, -0.25) is 9.59 Å². The summed E-state index contributed by atoms with van der Waals surface area (Å²) in [4.78, 5) is 24.5. The minimum Gasteiger partial charge on any atom is -0.433 e. The van der Waals surface area contributed by atoms with Crippen molar-refractivity contribution in [3.63, 3.8) is 0 Å². The standard InChI is InChI=1S/C19H16Cl2F2N4O4/c20-13-7-10(16(21)31-13)14-11(8-27(26-14)19(22)23)18(30)25-12(15(28)17(24)29)6-9-4-2-1-3-5-9/h1-5,7-8,12,15,19,28H,6H2,(H2,24,29)(H,25,30). The number of benzene rings is 1. The number of aromatic nitrogens is 2. The van der Waals surface area contributed by atoms with Gasteiger partial charge in [0.15, 0.2) is 11.3 Å². The molecular formula is C19H16Cl2F2N4O4. The van der Waals surface area contributed by atoms with Crippen LogP contribution in [0.1, 0.15) is 22.5 Å². The molecule has 2 unspecified atom stereocenters. The van der Waals surface area contributed by atoms with Gasteiger partial charge in [-0.05, 0) is 35.2 Å². The van der Waals surface area contributed by atoms with Crippen molar-refractivity contribution >= 4 is 35.0 Å². The zero-order valence-electron chi connectivity index (χ0n) is 15.6. The van der Waals surface area contributed by atoms with E-state index >= 15 is 0 Å². The maximum absolute atomic E-state index is 13.2. The normalized spacial score (nSPS) is 13.2. The van der Waals surface area contributed by atoms with Gasteiger partial charge in [-0.15, -0.1) is 0 Å². The number of aliphatic hydroxyl groups is 1. The molecule has 1 aromatic carbocycles. The fraction of sp³-hybridized carbons (Fsp3) is 0.211. The molecule has 3 rings (SSSR count). The molecule has 31 heavy (non-hydrogen) atoms. The molecule has 2 atom stereocenters. The molecule has 0 fully saturated rings. The summed E-state index contributed by atoms with van der Waals surface area (Å²) < 4.78 is 31.7. The van der Waals surface area contributed by atoms with Crippen molar-refractivity contribution in [2.75, 3.05) is 0 Å². The Labute approximate surface area is 184 Å². The van der Waals surface area contributed by atoms with Crippen molar-refractivity contribution in [1.29, 1.82) is 0 Å². The molecule has 12 heteroatoms. The lowest BCUT2D eigenvalue weighted by Crippen LogP contribution is -2.50. The van der Waals surface area contributed by atoms with E-state index in [0.29, 0.717) is 5.56 Å². The highest BCUT2D eigenvalue weighted by atomic mass is 35.5. The molecule has 0 spiro atoms. The van der Waals surface area contributed by atoms with Gasteiger partial charge in [-0.1, -0.05) is 30.3 Å². The van der Waals surface area contributed by atoms with E-state index in [1.165, 1.54) is 6.07 Å². The second kappa shape index (κ2) is 9.46. The van der Waals surface area contributed by atoms with E-state index < -0.39 is 30.5 Å². The maximum Gasteiger partial charge on any atom is 0.333 e. The molecule has 8 nitrogen and oxygen atoms in total. The van der Waals surface area contributed by atoms with Crippen LogP contribution in [0.2, 0.25) is 10.4 Å². The molecule has 0 radical (unpaired) electrons. The molecule has 164 valence electrons. The van der Waals surface area contributed by atoms with Crippen molar-refractivity contribution in [3.8, 4) is 11.3 Å². The van der Waals surface area contributed by atoms with E-state index in [1.807, 2.05) is 0 Å². The molecule has 0 saturated heterocycles. The van der Waals surface area contributed by atoms with Gasteiger partial charge in [0.25, 0.3) is 5.91 Å². The summed E-state index contributed by atoms with van der Waals surface area (Å²) >= 11 is 11.7. The summed E-state index contributed by atoms with van der Waals surface area (Å²) in [5.41, 5.74) is 5.39. The first-order chi connectivity index (χ1) is 14.7. The Morgan fingerprint density at radius 1 is 1.26 bits per heavy atom. The van der Waals surface area contributed by atoms with Gasteiger partial charge >= 0.3 is 6.55 Å². The second-order valence-electron chi connectivity index (χ2n) is 6.50. The van der Waals surface area contributed by atoms with Crippen LogP contribution >= 0.6 is 23.2 Å². The van der Waals surface area contributed by atoms with Crippen molar-refractivity contribution < 1.29 is 27.9 Å². The monoisotopic (exact) mass is 472 g/mol. The van der Waals surface area contributed by atoms with Crippen LogP contribution < -0.4 is 11.1 Å². The number of alkyl halides is 2. The number of hydrogen-bond acceptors (Lipinski definition) is 5. The summed E-state index contributed by atoms with van der Waals surface area (Å²) in [6.07, 6.45) is -0.875. The number of carbonyl (C=O) groups is 2. The summed E-state index contributed by atoms with van der Waals surface area (Å²) in [5, 5.41) is 16.0. The Hall–Kier alpha value is -2.95. The van der Waals surface area contributed by atoms with E-state index in [1.54, 1.807) is 30.3 Å². The number of rotatable bonds is 8. The fourth-order valence-corrected chi connectivity index (χ4v) is 3.37. The number of nitrogens with one attached hydrogen (secondary N) is 1. The lowest BCUT2D eigenvalue weighted by molar-refractivity contribution is -0.127. The molecule has 0 aliphatic carbocycles. The highest BCUT2D eigenvalue weighted by Gasteiger charge is 2.30. The predicted octanol–water partition coefficient (Wildman–Crippen LogP) is 3.03. The van der Waals surface area contributed by atoms with Crippen LogP contribution in [0.5, 0.6) is 0 Å². The average Bonchev–Trinajstić information content (AvgIpc) is 3.30. The third-order valence-corrected chi connectivity index (χ3v) is 4.84. The number of carbonyl (C=O) groups excluding carboxylic acids is 2. The van der Waals surface area contributed by atoms with Crippen LogP contribution in [-0.2, 0) is 11.2 Å². The Bertz CT molecular complexity index is 1090. The number of primary amides is 1. The van der Waals surface area contributed by atoms with Crippen LogP contribution in [0.15, 0.2) is 47.0 Å². The van der Waals surface area contributed by atoms with Crippen LogP contribution in [0.25, 0.3) is 11.3 Å². The third-order valence-electron chi connectivity index (χ3n) is 4.38. The minimum absolute atomic E-state index is 0.0197. The average molecular weight is 473 g/mol. The number of aliphatic hydroxyl groups excluding tert-OH is 1. The number of amides is 2. The fourth-order valence-electron chi connectivity index (χ4n) is 2.91. The number of hydrogen-bond donors (Lipinski definition) is 3. The Balaban J connectivity index is 1.96. The van der Waals surface area contributed by atoms with Crippen molar-refractivity contribution in [1.82, 2.24) is 15.1 Å². The molecular weight excluding hydrogens is 457 g/mol. The second-order valence-corrected chi connectivity index (χ2v) is 7.22. The zero-order valence-corrected chi connectivity index (χ0v) is 17.1. The van der Waals surface area contributed by atoms with Gasteiger partial charge in [-0.2, -0.15) is 13.9 Å². The maximum atomic E-state index is 13.2. The molecule has 0 saturated carbocycles. The molecule has 2 aromatic heterocycles. The van der Waals surface area contributed by atoms with Gasteiger partial charge in [0.1, 0.15) is 5.69 Å². The van der Waals surface area contributed by atoms with Gasteiger partial charge in [-0.25, -0.2) is 4.68 Å². The Kier molecular flexibility index (Phi) is 6.94. The molecule has 3 aromatic rings. The molecule has 2 heterocycles. The Morgan fingerprint density at radius 3 is 2.48 bits per heavy atom. The first-order valence-electron chi connectivity index (χ1n) is 8.82. The van der Waals surface area contributed by atoms with Crippen molar-refractivity contribution in [3.05, 3.63) is 64.2 Å². The molecule has 2 amide bonds. The van der Waals surface area contributed by atoms with Gasteiger partial charge < -0.3 is 20.6 Å². The number of furan rings is 1. The van der Waals surface area contributed by atoms with Crippen LogP contribution in [0.3, 0.4) is 0 Å². The van der Waals surface area contributed by atoms with Crippen LogP contribution in [0.4, 0.5) is 8.78 Å². The number of halogens is 4. The van der Waals surface area contributed by atoms with Crippen molar-refractivity contribution in [2.45, 2.75) is 25.1 Å². The number of nitrogens with two attached hydrogens (primary N) is 1. The van der Waals surface area contributed by atoms with Gasteiger partial charge in [0.05, 0.1) is 17.2 Å². The smallest absolute Gasteiger partial charge is 0.333 e. The molecule has 0 aliphatic rings. The predicted molar refractivity (Wildman–Crippen MR) is 108 cm³/mol. The van der Waals surface area contributed by atoms with Crippen LogP contribution in [0, 0.1) is 0 Å². The van der Waals surface area contributed by atoms with E-state index in [9.17, 15) is 23.5 Å². The largest absolute Gasteiger partial charge is 0.433 e. The summed E-state index contributed by atoms with van der Waals surface area (Å²) in [6.45, 7) is -3.04. The van der Waals surface area contributed by atoms with E-state index in [0.717, 1.165) is 6.20 Å². The lowest BCUT2D eigenvalue weighted by Gasteiger charge is -2.22. The zero-order chi connectivity index (χ0) is 22.7. The Morgan fingerprint density at radius 2 is 1.94 bits per heavy atom.